The number of aryl methyl sites for hydroxylation is 1. The molecule has 1 rings (SSSR count). The van der Waals surface area contributed by atoms with Crippen LogP contribution in [0.3, 0.4) is 0 Å². The molecule has 18 heavy (non-hydrogen) atoms. The van der Waals surface area contributed by atoms with Crippen LogP contribution in [-0.2, 0) is 0 Å². The van der Waals surface area contributed by atoms with Crippen LogP contribution in [0.5, 0.6) is 5.75 Å². The van der Waals surface area contributed by atoms with E-state index in [-0.39, 0.29) is 5.75 Å². The number of nitrogens with one attached hydrogen (secondary N) is 1. The highest BCUT2D eigenvalue weighted by Crippen LogP contribution is 2.26. The Labute approximate surface area is 102 Å². The molecule has 0 saturated heterocycles. The molecule has 0 radical (unpaired) electrons. The van der Waals surface area contributed by atoms with E-state index in [1.54, 1.807) is 14.0 Å². The van der Waals surface area contributed by atoms with E-state index >= 15 is 0 Å². The highest BCUT2D eigenvalue weighted by molar-refractivity contribution is 6.16. The summed E-state index contributed by atoms with van der Waals surface area (Å²) >= 11 is 0. The van der Waals surface area contributed by atoms with E-state index in [0.717, 1.165) is 0 Å². The SMILES string of the molecule is C/N=C\C=N/Nc1ccc(OC(F)(F)F)cc1C. The van der Waals surface area contributed by atoms with Crippen molar-refractivity contribution >= 4 is 18.1 Å². The number of rotatable bonds is 4. The van der Waals surface area contributed by atoms with Crippen molar-refractivity contribution in [3.63, 3.8) is 0 Å². The molecule has 0 heterocycles. The fourth-order valence-corrected chi connectivity index (χ4v) is 1.17. The molecule has 1 aromatic rings. The normalized spacial score (nSPS) is 12.3. The summed E-state index contributed by atoms with van der Waals surface area (Å²) in [6.07, 6.45) is -1.78. The third kappa shape index (κ3) is 4.86. The monoisotopic (exact) mass is 259 g/mol. The van der Waals surface area contributed by atoms with Crippen LogP contribution in [-0.4, -0.2) is 25.8 Å². The smallest absolute Gasteiger partial charge is 0.406 e. The number of nitrogens with zero attached hydrogens (tertiary/aromatic N) is 2. The minimum atomic E-state index is -4.68. The van der Waals surface area contributed by atoms with E-state index in [9.17, 15) is 13.2 Å². The van der Waals surface area contributed by atoms with Crippen LogP contribution in [0.25, 0.3) is 0 Å². The fourth-order valence-electron chi connectivity index (χ4n) is 1.17. The van der Waals surface area contributed by atoms with E-state index in [4.69, 9.17) is 0 Å². The summed E-state index contributed by atoms with van der Waals surface area (Å²) in [6.45, 7) is 1.65. The van der Waals surface area contributed by atoms with Crippen LogP contribution in [0.15, 0.2) is 28.3 Å². The molecule has 0 amide bonds. The van der Waals surface area contributed by atoms with Gasteiger partial charge in [0.2, 0.25) is 0 Å². The molecule has 0 aliphatic heterocycles. The van der Waals surface area contributed by atoms with Gasteiger partial charge in [-0.25, -0.2) is 0 Å². The van der Waals surface area contributed by atoms with Gasteiger partial charge in [-0.3, -0.25) is 10.4 Å². The van der Waals surface area contributed by atoms with Crippen LogP contribution in [0.2, 0.25) is 0 Å². The van der Waals surface area contributed by atoms with Gasteiger partial charge in [0.05, 0.1) is 11.9 Å². The average Bonchev–Trinajstić information content (AvgIpc) is 2.24. The predicted molar refractivity (Wildman–Crippen MR) is 64.4 cm³/mol. The van der Waals surface area contributed by atoms with Crippen LogP contribution in [0.4, 0.5) is 18.9 Å². The topological polar surface area (TPSA) is 46.0 Å². The molecule has 0 spiro atoms. The van der Waals surface area contributed by atoms with Crippen molar-refractivity contribution < 1.29 is 17.9 Å². The highest BCUT2D eigenvalue weighted by atomic mass is 19.4. The molecule has 0 saturated carbocycles. The van der Waals surface area contributed by atoms with Crippen LogP contribution in [0, 0.1) is 6.92 Å². The second-order valence-electron chi connectivity index (χ2n) is 3.32. The zero-order chi connectivity index (χ0) is 13.6. The molecular formula is C11H12F3N3O. The first-order valence-electron chi connectivity index (χ1n) is 4.98. The summed E-state index contributed by atoms with van der Waals surface area (Å²) in [4.78, 5) is 3.68. The molecule has 0 bridgehead atoms. The molecular weight excluding hydrogens is 247 g/mol. The zero-order valence-corrected chi connectivity index (χ0v) is 9.82. The number of alkyl halides is 3. The molecule has 7 heteroatoms. The molecule has 0 atom stereocenters. The molecule has 0 aromatic heterocycles. The Balaban J connectivity index is 2.74. The molecule has 1 N–H and O–H groups in total. The molecule has 1 aromatic carbocycles. The summed E-state index contributed by atoms with van der Waals surface area (Å²) in [6, 6.07) is 3.95. The Morgan fingerprint density at radius 2 is 2.00 bits per heavy atom. The largest absolute Gasteiger partial charge is 0.573 e. The van der Waals surface area contributed by atoms with Gasteiger partial charge in [0.25, 0.3) is 0 Å². The van der Waals surface area contributed by atoms with Gasteiger partial charge in [-0.2, -0.15) is 5.10 Å². The number of hydrazone groups is 1. The quantitative estimate of drug-likeness (QED) is 0.667. The third-order valence-corrected chi connectivity index (χ3v) is 1.91. The predicted octanol–water partition coefficient (Wildman–Crippen LogP) is 2.99. The van der Waals surface area contributed by atoms with Gasteiger partial charge >= 0.3 is 6.36 Å². The van der Waals surface area contributed by atoms with Crippen LogP contribution >= 0.6 is 0 Å². The van der Waals surface area contributed by atoms with E-state index < -0.39 is 6.36 Å². The Hall–Kier alpha value is -2.05. The first kappa shape index (κ1) is 14.0. The van der Waals surface area contributed by atoms with E-state index in [2.05, 4.69) is 20.3 Å². The Morgan fingerprint density at radius 3 is 2.56 bits per heavy atom. The van der Waals surface area contributed by atoms with Crippen molar-refractivity contribution in [2.75, 3.05) is 12.5 Å². The standard InChI is InChI=1S/C11H12F3N3O/c1-8-7-9(18-11(12,13)14)3-4-10(8)17-16-6-5-15-2/h3-7,17H,1-2H3/b15-5-,16-6-. The molecule has 98 valence electrons. The maximum Gasteiger partial charge on any atom is 0.573 e. The minimum absolute atomic E-state index is 0.260. The number of ether oxygens (including phenoxy) is 1. The van der Waals surface area contributed by atoms with Crippen molar-refractivity contribution in [3.05, 3.63) is 23.8 Å². The van der Waals surface area contributed by atoms with Gasteiger partial charge in [0.15, 0.2) is 0 Å². The van der Waals surface area contributed by atoms with E-state index in [1.165, 1.54) is 30.6 Å². The van der Waals surface area contributed by atoms with Crippen LogP contribution in [0.1, 0.15) is 5.56 Å². The summed E-state index contributed by atoms with van der Waals surface area (Å²) in [5.74, 6) is -0.260. The average molecular weight is 259 g/mol. The Kier molecular flexibility index (Phi) is 4.70. The van der Waals surface area contributed by atoms with Crippen molar-refractivity contribution in [3.8, 4) is 5.75 Å². The number of anilines is 1. The van der Waals surface area contributed by atoms with Crippen LogP contribution < -0.4 is 10.2 Å². The minimum Gasteiger partial charge on any atom is -0.406 e. The first-order valence-corrected chi connectivity index (χ1v) is 4.98. The molecule has 0 aliphatic carbocycles. The number of halogens is 3. The highest BCUT2D eigenvalue weighted by Gasteiger charge is 2.31. The van der Waals surface area contributed by atoms with Gasteiger partial charge in [-0.15, -0.1) is 13.2 Å². The third-order valence-electron chi connectivity index (χ3n) is 1.91. The summed E-state index contributed by atoms with van der Waals surface area (Å²) in [7, 11) is 1.60. The Morgan fingerprint density at radius 1 is 1.28 bits per heavy atom. The number of aliphatic imine (C=N–C) groups is 1. The fraction of sp³-hybridized carbons (Fsp3) is 0.273. The maximum atomic E-state index is 12.0. The number of hydrogen-bond donors (Lipinski definition) is 1. The van der Waals surface area contributed by atoms with Crippen molar-refractivity contribution in [1.82, 2.24) is 0 Å². The van der Waals surface area contributed by atoms with Crippen molar-refractivity contribution in [2.24, 2.45) is 10.1 Å². The van der Waals surface area contributed by atoms with Crippen molar-refractivity contribution in [1.29, 1.82) is 0 Å². The van der Waals surface area contributed by atoms with Crippen molar-refractivity contribution in [2.45, 2.75) is 13.3 Å². The van der Waals surface area contributed by atoms with E-state index in [0.29, 0.717) is 11.3 Å². The molecule has 0 aliphatic rings. The second kappa shape index (κ2) is 6.04. The molecule has 4 nitrogen and oxygen atoms in total. The summed E-state index contributed by atoms with van der Waals surface area (Å²) < 4.78 is 39.7. The maximum absolute atomic E-state index is 12.0. The lowest BCUT2D eigenvalue weighted by atomic mass is 10.2. The zero-order valence-electron chi connectivity index (χ0n) is 9.82. The van der Waals surface area contributed by atoms with E-state index in [1.807, 2.05) is 0 Å². The summed E-state index contributed by atoms with van der Waals surface area (Å²) in [5.41, 5.74) is 3.85. The number of hydrogen-bond acceptors (Lipinski definition) is 4. The lowest BCUT2D eigenvalue weighted by molar-refractivity contribution is -0.274. The Bertz CT molecular complexity index is 455. The molecule has 0 fully saturated rings. The lowest BCUT2D eigenvalue weighted by Crippen LogP contribution is -2.17. The van der Waals surface area contributed by atoms with Gasteiger partial charge in [0, 0.05) is 13.3 Å². The van der Waals surface area contributed by atoms with Gasteiger partial charge in [0.1, 0.15) is 5.75 Å². The van der Waals surface area contributed by atoms with Gasteiger partial charge in [-0.05, 0) is 30.7 Å². The van der Waals surface area contributed by atoms with Gasteiger partial charge in [-0.1, -0.05) is 0 Å². The second-order valence-corrected chi connectivity index (χ2v) is 3.32. The molecule has 0 unspecified atom stereocenters. The lowest BCUT2D eigenvalue weighted by Gasteiger charge is -2.11. The first-order chi connectivity index (χ1) is 8.42. The van der Waals surface area contributed by atoms with Gasteiger partial charge < -0.3 is 4.74 Å². The number of benzene rings is 1. The summed E-state index contributed by atoms with van der Waals surface area (Å²) in [5, 5.41) is 3.81.